The van der Waals surface area contributed by atoms with Gasteiger partial charge in [-0.1, -0.05) is 61.3 Å². The van der Waals surface area contributed by atoms with Crippen molar-refractivity contribution in [1.82, 2.24) is 14.5 Å². The fraction of sp³-hybridized carbons (Fsp3) is 0.440. The molecule has 0 spiro atoms. The first-order valence-electron chi connectivity index (χ1n) is 11.7. The minimum atomic E-state index is -4.00. The molecule has 198 valence electrons. The van der Waals surface area contributed by atoms with Crippen LogP contribution in [-0.2, 0) is 26.3 Å². The quantitative estimate of drug-likeness (QED) is 0.421. The number of anilines is 1. The second-order valence-electron chi connectivity index (χ2n) is 8.64. The standard InChI is InChI=1S/C25H34Cl2N4O4S/c1-6-18(3)28-25(33)23(7-2)30(16-19-13-14-21(26)22(27)15-19)24(32)17-31(36(34,35)29(4)5)20-11-9-8-10-12-20/h8-15,18,23H,6-7,16-17H2,1-5H3,(H,28,33)/t18-,23+/m1/s1. The lowest BCUT2D eigenvalue weighted by molar-refractivity contribution is -0.140. The molecule has 2 aromatic rings. The van der Waals surface area contributed by atoms with E-state index in [0.29, 0.717) is 27.7 Å². The first-order chi connectivity index (χ1) is 16.9. The summed E-state index contributed by atoms with van der Waals surface area (Å²) in [7, 11) is -1.20. The van der Waals surface area contributed by atoms with E-state index in [4.69, 9.17) is 23.2 Å². The van der Waals surface area contributed by atoms with Gasteiger partial charge in [0, 0.05) is 26.7 Å². The molecule has 0 saturated carbocycles. The highest BCUT2D eigenvalue weighted by atomic mass is 35.5. The maximum absolute atomic E-state index is 13.8. The molecule has 0 aliphatic carbocycles. The van der Waals surface area contributed by atoms with E-state index in [9.17, 15) is 18.0 Å². The van der Waals surface area contributed by atoms with Crippen LogP contribution in [0.15, 0.2) is 48.5 Å². The summed E-state index contributed by atoms with van der Waals surface area (Å²) in [4.78, 5) is 28.3. The van der Waals surface area contributed by atoms with Gasteiger partial charge in [-0.15, -0.1) is 0 Å². The minimum absolute atomic E-state index is 0.0484. The molecule has 36 heavy (non-hydrogen) atoms. The Morgan fingerprint density at radius 1 is 0.972 bits per heavy atom. The normalized spacial score (nSPS) is 13.2. The van der Waals surface area contributed by atoms with Crippen LogP contribution in [0.2, 0.25) is 10.0 Å². The summed E-state index contributed by atoms with van der Waals surface area (Å²) in [6.07, 6.45) is 1.06. The summed E-state index contributed by atoms with van der Waals surface area (Å²) < 4.78 is 28.4. The van der Waals surface area contributed by atoms with E-state index in [-0.39, 0.29) is 18.5 Å². The lowest BCUT2D eigenvalue weighted by Gasteiger charge is -2.34. The van der Waals surface area contributed by atoms with Crippen molar-refractivity contribution in [3.63, 3.8) is 0 Å². The van der Waals surface area contributed by atoms with Crippen molar-refractivity contribution in [3.8, 4) is 0 Å². The molecule has 0 fully saturated rings. The summed E-state index contributed by atoms with van der Waals surface area (Å²) in [5.41, 5.74) is 1.00. The fourth-order valence-electron chi connectivity index (χ4n) is 3.51. The molecule has 11 heteroatoms. The number of carbonyl (C=O) groups is 2. The van der Waals surface area contributed by atoms with Crippen LogP contribution >= 0.6 is 23.2 Å². The topological polar surface area (TPSA) is 90.0 Å². The first kappa shape index (κ1) is 29.9. The van der Waals surface area contributed by atoms with Crippen LogP contribution in [0.3, 0.4) is 0 Å². The smallest absolute Gasteiger partial charge is 0.304 e. The van der Waals surface area contributed by atoms with Crippen LogP contribution in [0.25, 0.3) is 0 Å². The molecule has 2 amide bonds. The van der Waals surface area contributed by atoms with Crippen LogP contribution in [0.1, 0.15) is 39.2 Å². The predicted octanol–water partition coefficient (Wildman–Crippen LogP) is 4.33. The number of nitrogens with one attached hydrogen (secondary N) is 1. The number of nitrogens with zero attached hydrogens (tertiary/aromatic N) is 3. The second kappa shape index (κ2) is 13.3. The van der Waals surface area contributed by atoms with Crippen molar-refractivity contribution in [3.05, 3.63) is 64.1 Å². The monoisotopic (exact) mass is 556 g/mol. The lowest BCUT2D eigenvalue weighted by atomic mass is 10.1. The number of benzene rings is 2. The summed E-state index contributed by atoms with van der Waals surface area (Å²) in [6.45, 7) is 5.21. The fourth-order valence-corrected chi connectivity index (χ4v) is 4.88. The van der Waals surface area contributed by atoms with Crippen molar-refractivity contribution in [2.24, 2.45) is 0 Å². The largest absolute Gasteiger partial charge is 0.352 e. The van der Waals surface area contributed by atoms with E-state index in [1.165, 1.54) is 19.0 Å². The van der Waals surface area contributed by atoms with Crippen LogP contribution in [0, 0.1) is 0 Å². The number of hydrogen-bond donors (Lipinski definition) is 1. The molecule has 0 aromatic heterocycles. The van der Waals surface area contributed by atoms with Gasteiger partial charge in [-0.05, 0) is 49.6 Å². The Bertz CT molecular complexity index is 1150. The second-order valence-corrected chi connectivity index (χ2v) is 11.5. The molecule has 0 aliphatic heterocycles. The summed E-state index contributed by atoms with van der Waals surface area (Å²) >= 11 is 12.2. The van der Waals surface area contributed by atoms with Gasteiger partial charge in [0.2, 0.25) is 11.8 Å². The first-order valence-corrected chi connectivity index (χ1v) is 13.9. The maximum atomic E-state index is 13.8. The zero-order valence-corrected chi connectivity index (χ0v) is 23.6. The Balaban J connectivity index is 2.50. The molecule has 0 aliphatic rings. The molecule has 2 atom stereocenters. The molecule has 8 nitrogen and oxygen atoms in total. The van der Waals surface area contributed by atoms with Crippen molar-refractivity contribution >= 4 is 50.9 Å². The highest BCUT2D eigenvalue weighted by Gasteiger charge is 2.34. The SMILES string of the molecule is CC[C@@H](C)NC(=O)[C@H](CC)N(Cc1ccc(Cl)c(Cl)c1)C(=O)CN(c1ccccc1)S(=O)(=O)N(C)C. The van der Waals surface area contributed by atoms with Gasteiger partial charge in [0.05, 0.1) is 15.7 Å². The third-order valence-corrected chi connectivity index (χ3v) is 8.35. The van der Waals surface area contributed by atoms with Crippen LogP contribution in [-0.4, -0.2) is 62.2 Å². The van der Waals surface area contributed by atoms with E-state index in [2.05, 4.69) is 5.32 Å². The lowest BCUT2D eigenvalue weighted by Crippen LogP contribution is -2.54. The Kier molecular flexibility index (Phi) is 11.0. The molecule has 1 N–H and O–H groups in total. The van der Waals surface area contributed by atoms with Gasteiger partial charge in [-0.25, -0.2) is 4.31 Å². The number of halogens is 2. The molecular weight excluding hydrogens is 523 g/mol. The number of para-hydroxylation sites is 1. The maximum Gasteiger partial charge on any atom is 0.304 e. The van der Waals surface area contributed by atoms with E-state index < -0.39 is 28.7 Å². The van der Waals surface area contributed by atoms with Gasteiger partial charge in [-0.2, -0.15) is 12.7 Å². The molecule has 0 heterocycles. The van der Waals surface area contributed by atoms with Gasteiger partial charge in [0.1, 0.15) is 12.6 Å². The molecule has 2 rings (SSSR count). The van der Waals surface area contributed by atoms with E-state index in [0.717, 1.165) is 15.0 Å². The van der Waals surface area contributed by atoms with Gasteiger partial charge in [0.15, 0.2) is 0 Å². The molecule has 0 radical (unpaired) electrons. The molecule has 0 unspecified atom stereocenters. The van der Waals surface area contributed by atoms with Crippen LogP contribution < -0.4 is 9.62 Å². The Labute approximate surface area is 224 Å². The average Bonchev–Trinajstić information content (AvgIpc) is 2.84. The zero-order valence-electron chi connectivity index (χ0n) is 21.2. The Hall–Kier alpha value is -2.33. The summed E-state index contributed by atoms with van der Waals surface area (Å²) in [6, 6.07) is 12.5. The van der Waals surface area contributed by atoms with Gasteiger partial charge in [0.25, 0.3) is 0 Å². The molecular formula is C25H34Cl2N4O4S. The van der Waals surface area contributed by atoms with E-state index in [1.54, 1.807) is 48.5 Å². The number of rotatable bonds is 12. The third kappa shape index (κ3) is 7.59. The Morgan fingerprint density at radius 3 is 2.14 bits per heavy atom. The Morgan fingerprint density at radius 2 is 1.61 bits per heavy atom. The highest BCUT2D eigenvalue weighted by molar-refractivity contribution is 7.90. The molecule has 2 aromatic carbocycles. The number of amides is 2. The van der Waals surface area contributed by atoms with Gasteiger partial charge < -0.3 is 10.2 Å². The van der Waals surface area contributed by atoms with Crippen molar-refractivity contribution in [1.29, 1.82) is 0 Å². The number of hydrogen-bond acceptors (Lipinski definition) is 4. The summed E-state index contributed by atoms with van der Waals surface area (Å²) in [5.74, 6) is -0.830. The molecule has 0 saturated heterocycles. The van der Waals surface area contributed by atoms with Crippen molar-refractivity contribution in [2.75, 3.05) is 24.9 Å². The van der Waals surface area contributed by atoms with Crippen LogP contribution in [0.4, 0.5) is 5.69 Å². The van der Waals surface area contributed by atoms with Crippen molar-refractivity contribution < 1.29 is 18.0 Å². The van der Waals surface area contributed by atoms with Crippen LogP contribution in [0.5, 0.6) is 0 Å². The van der Waals surface area contributed by atoms with Gasteiger partial charge in [-0.3, -0.25) is 9.59 Å². The van der Waals surface area contributed by atoms with Crippen molar-refractivity contribution in [2.45, 2.75) is 52.2 Å². The zero-order chi connectivity index (χ0) is 27.0. The van der Waals surface area contributed by atoms with E-state index in [1.807, 2.05) is 20.8 Å². The summed E-state index contributed by atoms with van der Waals surface area (Å²) in [5, 5.41) is 3.62. The minimum Gasteiger partial charge on any atom is -0.352 e. The third-order valence-electron chi connectivity index (χ3n) is 5.79. The molecule has 0 bridgehead atoms. The van der Waals surface area contributed by atoms with E-state index >= 15 is 0 Å². The van der Waals surface area contributed by atoms with Gasteiger partial charge >= 0.3 is 10.2 Å². The predicted molar refractivity (Wildman–Crippen MR) is 145 cm³/mol. The number of carbonyl (C=O) groups excluding carboxylic acids is 2. The highest BCUT2D eigenvalue weighted by Crippen LogP contribution is 2.25. The average molecular weight is 558 g/mol.